The first-order valence-electron chi connectivity index (χ1n) is 10.0. The number of rotatable bonds is 6. The van der Waals surface area contributed by atoms with E-state index in [0.29, 0.717) is 17.9 Å². The summed E-state index contributed by atoms with van der Waals surface area (Å²) in [5.74, 6) is 0.484. The molecule has 1 aromatic heterocycles. The highest BCUT2D eigenvalue weighted by molar-refractivity contribution is 6.01. The van der Waals surface area contributed by atoms with E-state index in [0.717, 1.165) is 36.9 Å². The lowest BCUT2D eigenvalue weighted by Gasteiger charge is -2.41. The molecule has 1 saturated heterocycles. The molecule has 0 radical (unpaired) electrons. The third kappa shape index (κ3) is 4.38. The average Bonchev–Trinajstić information content (AvgIpc) is 2.72. The van der Waals surface area contributed by atoms with Gasteiger partial charge >= 0.3 is 0 Å². The fraction of sp³-hybridized carbons (Fsp3) is 0.455. The quantitative estimate of drug-likeness (QED) is 0.770. The van der Waals surface area contributed by atoms with Crippen molar-refractivity contribution in [3.05, 3.63) is 53.6 Å². The first-order chi connectivity index (χ1) is 13.5. The first-order valence-corrected chi connectivity index (χ1v) is 10.0. The molecule has 1 aliphatic rings. The van der Waals surface area contributed by atoms with Crippen LogP contribution in [0.2, 0.25) is 0 Å². The van der Waals surface area contributed by atoms with E-state index in [4.69, 9.17) is 0 Å². The molecule has 0 unspecified atom stereocenters. The molecule has 0 saturated carbocycles. The van der Waals surface area contributed by atoms with Crippen molar-refractivity contribution < 1.29 is 9.59 Å². The van der Waals surface area contributed by atoms with Crippen molar-refractivity contribution in [1.82, 2.24) is 14.9 Å². The highest BCUT2D eigenvalue weighted by Gasteiger charge is 2.35. The summed E-state index contributed by atoms with van der Waals surface area (Å²) in [6.45, 7) is 6.72. The molecule has 1 aliphatic heterocycles. The predicted molar refractivity (Wildman–Crippen MR) is 109 cm³/mol. The van der Waals surface area contributed by atoms with Gasteiger partial charge in [-0.05, 0) is 31.0 Å². The van der Waals surface area contributed by atoms with Crippen molar-refractivity contribution in [3.8, 4) is 0 Å². The number of amides is 2. The SMILES string of the molecule is CCCC[C@H]1CN(c2cccc(C)c2)C(=O)CN1C(=O)c1cnc(CC)nc1. The summed E-state index contributed by atoms with van der Waals surface area (Å²) in [7, 11) is 0. The van der Waals surface area contributed by atoms with Crippen LogP contribution in [0.25, 0.3) is 0 Å². The van der Waals surface area contributed by atoms with E-state index in [-0.39, 0.29) is 24.4 Å². The summed E-state index contributed by atoms with van der Waals surface area (Å²) in [5, 5.41) is 0. The molecule has 0 spiro atoms. The van der Waals surface area contributed by atoms with Gasteiger partial charge in [-0.15, -0.1) is 0 Å². The van der Waals surface area contributed by atoms with E-state index in [1.165, 1.54) is 0 Å². The summed E-state index contributed by atoms with van der Waals surface area (Å²) in [6.07, 6.45) is 6.79. The lowest BCUT2D eigenvalue weighted by Crippen LogP contribution is -2.58. The van der Waals surface area contributed by atoms with Crippen molar-refractivity contribution >= 4 is 17.5 Å². The van der Waals surface area contributed by atoms with E-state index in [9.17, 15) is 9.59 Å². The van der Waals surface area contributed by atoms with Crippen molar-refractivity contribution in [2.75, 3.05) is 18.0 Å². The van der Waals surface area contributed by atoms with Gasteiger partial charge in [-0.1, -0.05) is 38.8 Å². The maximum absolute atomic E-state index is 13.1. The van der Waals surface area contributed by atoms with Crippen LogP contribution >= 0.6 is 0 Å². The van der Waals surface area contributed by atoms with Crippen LogP contribution in [-0.4, -0.2) is 45.8 Å². The van der Waals surface area contributed by atoms with Crippen molar-refractivity contribution in [1.29, 1.82) is 0 Å². The van der Waals surface area contributed by atoms with Gasteiger partial charge in [0.15, 0.2) is 0 Å². The molecule has 3 rings (SSSR count). The zero-order chi connectivity index (χ0) is 20.1. The summed E-state index contributed by atoms with van der Waals surface area (Å²) in [4.78, 5) is 38.0. The molecule has 6 nitrogen and oxygen atoms in total. The number of nitrogens with zero attached hydrogens (tertiary/aromatic N) is 4. The number of aromatic nitrogens is 2. The lowest BCUT2D eigenvalue weighted by molar-refractivity contribution is -0.121. The van der Waals surface area contributed by atoms with Gasteiger partial charge in [0.2, 0.25) is 5.91 Å². The maximum Gasteiger partial charge on any atom is 0.257 e. The molecule has 1 atom stereocenters. The standard InChI is InChI=1S/C22H28N4O2/c1-4-6-9-19-14-25(18-10-7-8-16(3)11-18)21(27)15-26(19)22(28)17-12-23-20(5-2)24-13-17/h7-8,10-13,19H,4-6,9,14-15H2,1-3H3/t19-/m0/s1. The molecule has 148 valence electrons. The Morgan fingerprint density at radius 1 is 1.21 bits per heavy atom. The number of piperazine rings is 1. The van der Waals surface area contributed by atoms with E-state index in [1.807, 2.05) is 43.0 Å². The van der Waals surface area contributed by atoms with Crippen LogP contribution in [0.15, 0.2) is 36.7 Å². The average molecular weight is 380 g/mol. The van der Waals surface area contributed by atoms with E-state index in [2.05, 4.69) is 16.9 Å². The molecule has 2 amide bonds. The van der Waals surface area contributed by atoms with E-state index in [1.54, 1.807) is 17.3 Å². The molecular formula is C22H28N4O2. The highest BCUT2D eigenvalue weighted by atomic mass is 16.2. The Balaban J connectivity index is 1.84. The molecular weight excluding hydrogens is 352 g/mol. The minimum atomic E-state index is -0.166. The van der Waals surface area contributed by atoms with Gasteiger partial charge in [-0.3, -0.25) is 9.59 Å². The van der Waals surface area contributed by atoms with Crippen molar-refractivity contribution in [2.45, 2.75) is 52.5 Å². The Labute approximate surface area is 166 Å². The zero-order valence-corrected chi connectivity index (χ0v) is 16.9. The molecule has 1 aromatic carbocycles. The molecule has 2 aromatic rings. The van der Waals surface area contributed by atoms with E-state index >= 15 is 0 Å². The topological polar surface area (TPSA) is 66.4 Å². The van der Waals surface area contributed by atoms with Crippen molar-refractivity contribution in [3.63, 3.8) is 0 Å². The Morgan fingerprint density at radius 3 is 2.61 bits per heavy atom. The first kappa shape index (κ1) is 20.0. The minimum Gasteiger partial charge on any atom is -0.324 e. The molecule has 6 heteroatoms. The number of anilines is 1. The van der Waals surface area contributed by atoms with E-state index < -0.39 is 0 Å². The Bertz CT molecular complexity index is 835. The third-order valence-corrected chi connectivity index (χ3v) is 5.17. The van der Waals surface area contributed by atoms with Crippen LogP contribution in [0.1, 0.15) is 54.9 Å². The molecule has 0 N–H and O–H groups in total. The molecule has 1 fully saturated rings. The van der Waals surface area contributed by atoms with Crippen molar-refractivity contribution in [2.24, 2.45) is 0 Å². The smallest absolute Gasteiger partial charge is 0.257 e. The second-order valence-electron chi connectivity index (χ2n) is 7.31. The van der Waals surface area contributed by atoms with Crippen LogP contribution in [-0.2, 0) is 11.2 Å². The maximum atomic E-state index is 13.1. The number of carbonyl (C=O) groups is 2. The lowest BCUT2D eigenvalue weighted by atomic mass is 10.0. The largest absolute Gasteiger partial charge is 0.324 e. The second-order valence-corrected chi connectivity index (χ2v) is 7.31. The summed E-state index contributed by atoms with van der Waals surface area (Å²) >= 11 is 0. The molecule has 2 heterocycles. The Morgan fingerprint density at radius 2 is 1.96 bits per heavy atom. The van der Waals surface area contributed by atoms with Gasteiger partial charge in [0.05, 0.1) is 11.6 Å². The van der Waals surface area contributed by atoms with Gasteiger partial charge in [0.1, 0.15) is 12.4 Å². The fourth-order valence-electron chi connectivity index (χ4n) is 3.55. The predicted octanol–water partition coefficient (Wildman–Crippen LogP) is 3.40. The van der Waals surface area contributed by atoms with Crippen LogP contribution < -0.4 is 4.90 Å². The molecule has 0 aliphatic carbocycles. The van der Waals surface area contributed by atoms with Gasteiger partial charge in [0, 0.05) is 31.0 Å². The number of aryl methyl sites for hydroxylation is 2. The van der Waals surface area contributed by atoms with Gasteiger partial charge < -0.3 is 9.80 Å². The van der Waals surface area contributed by atoms with Gasteiger partial charge in [-0.2, -0.15) is 0 Å². The highest BCUT2D eigenvalue weighted by Crippen LogP contribution is 2.24. The van der Waals surface area contributed by atoms with Crippen LogP contribution in [0, 0.1) is 6.92 Å². The summed E-state index contributed by atoms with van der Waals surface area (Å²) in [6, 6.07) is 7.93. The number of carbonyl (C=O) groups excluding carboxylic acids is 2. The van der Waals surface area contributed by atoms with Crippen LogP contribution in [0.4, 0.5) is 5.69 Å². The number of benzene rings is 1. The number of hydrogen-bond donors (Lipinski definition) is 0. The van der Waals surface area contributed by atoms with Gasteiger partial charge in [0.25, 0.3) is 5.91 Å². The normalized spacial score (nSPS) is 17.1. The summed E-state index contributed by atoms with van der Waals surface area (Å²) < 4.78 is 0. The van der Waals surface area contributed by atoms with Crippen LogP contribution in [0.5, 0.6) is 0 Å². The minimum absolute atomic E-state index is 0.0171. The molecule has 0 bridgehead atoms. The molecule has 28 heavy (non-hydrogen) atoms. The monoisotopic (exact) mass is 380 g/mol. The number of hydrogen-bond acceptors (Lipinski definition) is 4. The zero-order valence-electron chi connectivity index (χ0n) is 16.9. The second kappa shape index (κ2) is 8.95. The fourth-order valence-corrected chi connectivity index (χ4v) is 3.55. The third-order valence-electron chi connectivity index (χ3n) is 5.17. The Kier molecular flexibility index (Phi) is 6.39. The number of unbranched alkanes of at least 4 members (excludes halogenated alkanes) is 1. The Hall–Kier alpha value is -2.76. The van der Waals surface area contributed by atoms with Crippen LogP contribution in [0.3, 0.4) is 0 Å². The summed E-state index contributed by atoms with van der Waals surface area (Å²) in [5.41, 5.74) is 2.45. The van der Waals surface area contributed by atoms with Gasteiger partial charge in [-0.25, -0.2) is 9.97 Å².